The van der Waals surface area contributed by atoms with Crippen molar-refractivity contribution in [3.8, 4) is 11.5 Å². The predicted molar refractivity (Wildman–Crippen MR) is 137 cm³/mol. The lowest BCUT2D eigenvalue weighted by atomic mass is 10.1. The molecule has 0 bridgehead atoms. The molecule has 1 amide bonds. The van der Waals surface area contributed by atoms with Gasteiger partial charge in [-0.2, -0.15) is 0 Å². The summed E-state index contributed by atoms with van der Waals surface area (Å²) in [5.74, 6) is 1.20. The molecule has 36 heavy (non-hydrogen) atoms. The van der Waals surface area contributed by atoms with Gasteiger partial charge < -0.3 is 19.7 Å². The molecule has 3 aromatic rings. The Morgan fingerprint density at radius 2 is 1.94 bits per heavy atom. The summed E-state index contributed by atoms with van der Waals surface area (Å²) >= 11 is 5.92. The number of amides is 1. The summed E-state index contributed by atoms with van der Waals surface area (Å²) in [6.45, 7) is 2.32. The van der Waals surface area contributed by atoms with Crippen LogP contribution in [0.4, 0.5) is 15.9 Å². The third kappa shape index (κ3) is 4.90. The van der Waals surface area contributed by atoms with Crippen LogP contribution in [0.5, 0.6) is 11.5 Å². The van der Waals surface area contributed by atoms with Crippen LogP contribution in [-0.4, -0.2) is 71.6 Å². The van der Waals surface area contributed by atoms with Crippen LogP contribution in [0, 0.1) is 5.82 Å². The average Bonchev–Trinajstić information content (AvgIpc) is 3.32. The van der Waals surface area contributed by atoms with Crippen molar-refractivity contribution in [1.82, 2.24) is 19.8 Å². The number of hydrogen-bond donors (Lipinski definition) is 1. The van der Waals surface area contributed by atoms with E-state index in [4.69, 9.17) is 21.1 Å². The Balaban J connectivity index is 1.31. The van der Waals surface area contributed by atoms with Crippen LogP contribution in [-0.2, 0) is 4.79 Å². The van der Waals surface area contributed by atoms with E-state index in [1.54, 1.807) is 31.4 Å². The summed E-state index contributed by atoms with van der Waals surface area (Å²) in [5, 5.41) is 3.68. The van der Waals surface area contributed by atoms with E-state index in [0.29, 0.717) is 41.3 Å². The molecule has 1 atom stereocenters. The molecule has 2 aliphatic heterocycles. The van der Waals surface area contributed by atoms with E-state index in [0.717, 1.165) is 32.2 Å². The largest absolute Gasteiger partial charge is 0.493 e. The third-order valence-electron chi connectivity index (χ3n) is 6.98. The average molecular weight is 514 g/mol. The molecule has 5 rings (SSSR count). The Bertz CT molecular complexity index is 1270. The molecule has 2 aliphatic rings. The van der Waals surface area contributed by atoms with Crippen molar-refractivity contribution < 1.29 is 18.7 Å². The maximum absolute atomic E-state index is 14.4. The lowest BCUT2D eigenvalue weighted by Crippen LogP contribution is -2.48. The highest BCUT2D eigenvalue weighted by molar-refractivity contribution is 6.31. The number of fused-ring (bicyclic) bond motifs is 1. The minimum Gasteiger partial charge on any atom is -0.493 e. The maximum Gasteiger partial charge on any atom is 0.239 e. The number of halogens is 2. The summed E-state index contributed by atoms with van der Waals surface area (Å²) in [6, 6.07) is 8.33. The lowest BCUT2D eigenvalue weighted by molar-refractivity contribution is -0.137. The smallest absolute Gasteiger partial charge is 0.239 e. The highest BCUT2D eigenvalue weighted by Gasteiger charge is 2.33. The van der Waals surface area contributed by atoms with Crippen molar-refractivity contribution in [3.63, 3.8) is 0 Å². The minimum atomic E-state index is -0.553. The first-order chi connectivity index (χ1) is 17.4. The molecule has 1 N–H and O–H groups in total. The predicted octanol–water partition coefficient (Wildman–Crippen LogP) is 4.64. The Morgan fingerprint density at radius 1 is 1.14 bits per heavy atom. The van der Waals surface area contributed by atoms with E-state index in [1.807, 2.05) is 11.9 Å². The Morgan fingerprint density at radius 3 is 2.67 bits per heavy atom. The van der Waals surface area contributed by atoms with Crippen molar-refractivity contribution in [2.24, 2.45) is 0 Å². The van der Waals surface area contributed by atoms with E-state index in [9.17, 15) is 9.18 Å². The molecule has 0 spiro atoms. The molecule has 0 radical (unpaired) electrons. The molecule has 8 nitrogen and oxygen atoms in total. The van der Waals surface area contributed by atoms with Crippen LogP contribution in [0.2, 0.25) is 5.02 Å². The maximum atomic E-state index is 14.4. The molecule has 10 heteroatoms. The number of nitrogens with one attached hydrogen (secondary N) is 1. The molecular formula is C26H29ClFN5O3. The fraction of sp³-hybridized carbons (Fsp3) is 0.423. The number of carbonyl (C=O) groups is 1. The zero-order valence-corrected chi connectivity index (χ0v) is 21.1. The topological polar surface area (TPSA) is 79.8 Å². The molecule has 0 unspecified atom stereocenters. The Labute approximate surface area is 214 Å². The van der Waals surface area contributed by atoms with Gasteiger partial charge in [0.1, 0.15) is 18.2 Å². The molecule has 0 saturated carbocycles. The first-order valence-electron chi connectivity index (χ1n) is 12.1. The van der Waals surface area contributed by atoms with Gasteiger partial charge in [0, 0.05) is 37.4 Å². The number of likely N-dealkylation sites (tertiary alicyclic amines) is 2. The molecule has 190 valence electrons. The monoisotopic (exact) mass is 513 g/mol. The van der Waals surface area contributed by atoms with Gasteiger partial charge in [-0.25, -0.2) is 14.4 Å². The molecule has 1 aromatic heterocycles. The van der Waals surface area contributed by atoms with Gasteiger partial charge in [0.15, 0.2) is 17.3 Å². The number of aromatic nitrogens is 2. The van der Waals surface area contributed by atoms with Crippen molar-refractivity contribution in [1.29, 1.82) is 0 Å². The SMILES string of the molecule is COc1cc2c(Nc3cccc(Cl)c3F)ncnc2cc1OC1CCN(C(=O)[C@@H]2CCCN2C)CC1. The van der Waals surface area contributed by atoms with E-state index in [-0.39, 0.29) is 28.8 Å². The summed E-state index contributed by atoms with van der Waals surface area (Å²) in [5.41, 5.74) is 0.842. The molecule has 3 heterocycles. The van der Waals surface area contributed by atoms with E-state index >= 15 is 0 Å². The standard InChI is InChI=1S/C26H29ClFN5O3/c1-32-10-4-7-21(32)26(34)33-11-8-16(9-12-33)36-23-14-20-17(13-22(23)35-2)25(30-15-29-20)31-19-6-3-5-18(27)24(19)28/h3,5-6,13-16,21H,4,7-12H2,1-2H3,(H,29,30,31)/t21-/m0/s1. The van der Waals surface area contributed by atoms with Crippen LogP contribution < -0.4 is 14.8 Å². The van der Waals surface area contributed by atoms with Crippen LogP contribution in [0.1, 0.15) is 25.7 Å². The van der Waals surface area contributed by atoms with Crippen molar-refractivity contribution >= 4 is 39.9 Å². The molecule has 2 saturated heterocycles. The molecule has 2 fully saturated rings. The Kier molecular flexibility index (Phi) is 7.11. The molecule has 2 aromatic carbocycles. The second-order valence-corrected chi connectivity index (χ2v) is 9.66. The van der Waals surface area contributed by atoms with Gasteiger partial charge in [-0.05, 0) is 44.6 Å². The number of likely N-dealkylation sites (N-methyl/N-ethyl adjacent to an activating group) is 1. The van der Waals surface area contributed by atoms with Gasteiger partial charge in [0.05, 0.1) is 29.4 Å². The summed E-state index contributed by atoms with van der Waals surface area (Å²) in [4.78, 5) is 25.7. The third-order valence-corrected chi connectivity index (χ3v) is 7.27. The van der Waals surface area contributed by atoms with Gasteiger partial charge in [-0.1, -0.05) is 17.7 Å². The normalized spacial score (nSPS) is 19.0. The summed E-state index contributed by atoms with van der Waals surface area (Å²) in [7, 11) is 3.59. The second-order valence-electron chi connectivity index (χ2n) is 9.25. The Hall–Kier alpha value is -3.17. The number of rotatable bonds is 6. The number of methoxy groups -OCH3 is 1. The van der Waals surface area contributed by atoms with E-state index in [2.05, 4.69) is 20.2 Å². The van der Waals surface area contributed by atoms with Crippen molar-refractivity contribution in [2.45, 2.75) is 37.8 Å². The van der Waals surface area contributed by atoms with Gasteiger partial charge >= 0.3 is 0 Å². The number of nitrogens with zero attached hydrogens (tertiary/aromatic N) is 4. The number of ether oxygens (including phenoxy) is 2. The van der Waals surface area contributed by atoms with Gasteiger partial charge in [-0.15, -0.1) is 0 Å². The number of benzene rings is 2. The van der Waals surface area contributed by atoms with E-state index < -0.39 is 5.82 Å². The van der Waals surface area contributed by atoms with Gasteiger partial charge in [0.2, 0.25) is 5.91 Å². The summed E-state index contributed by atoms with van der Waals surface area (Å²) < 4.78 is 26.4. The molecular weight excluding hydrogens is 485 g/mol. The van der Waals surface area contributed by atoms with Gasteiger partial charge in [0.25, 0.3) is 0 Å². The second kappa shape index (κ2) is 10.4. The van der Waals surface area contributed by atoms with Gasteiger partial charge in [-0.3, -0.25) is 9.69 Å². The van der Waals surface area contributed by atoms with Crippen LogP contribution in [0.25, 0.3) is 10.9 Å². The first kappa shape index (κ1) is 24.5. The summed E-state index contributed by atoms with van der Waals surface area (Å²) in [6.07, 6.45) is 4.86. The number of piperidine rings is 1. The zero-order chi connectivity index (χ0) is 25.2. The number of carbonyl (C=O) groups excluding carboxylic acids is 1. The minimum absolute atomic E-state index is 0.00549. The van der Waals surface area contributed by atoms with Crippen molar-refractivity contribution in [2.75, 3.05) is 39.1 Å². The zero-order valence-electron chi connectivity index (χ0n) is 20.3. The lowest BCUT2D eigenvalue weighted by Gasteiger charge is -2.35. The first-order valence-corrected chi connectivity index (χ1v) is 12.5. The van der Waals surface area contributed by atoms with E-state index in [1.165, 1.54) is 12.4 Å². The fourth-order valence-electron chi connectivity index (χ4n) is 4.95. The number of hydrogen-bond acceptors (Lipinski definition) is 7. The van der Waals surface area contributed by atoms with Crippen LogP contribution in [0.15, 0.2) is 36.7 Å². The van der Waals surface area contributed by atoms with Crippen molar-refractivity contribution in [3.05, 3.63) is 47.5 Å². The van der Waals surface area contributed by atoms with Crippen LogP contribution >= 0.6 is 11.6 Å². The fourth-order valence-corrected chi connectivity index (χ4v) is 5.12. The highest BCUT2D eigenvalue weighted by atomic mass is 35.5. The molecule has 0 aliphatic carbocycles. The van der Waals surface area contributed by atoms with Crippen LogP contribution in [0.3, 0.4) is 0 Å². The quantitative estimate of drug-likeness (QED) is 0.514. The number of anilines is 2. The highest BCUT2D eigenvalue weighted by Crippen LogP contribution is 2.37.